The molecule has 7 nitrogen and oxygen atoms in total. The zero-order valence-corrected chi connectivity index (χ0v) is 13.8. The second-order valence-electron chi connectivity index (χ2n) is 5.54. The first-order chi connectivity index (χ1) is 12.2. The van der Waals surface area contributed by atoms with Gasteiger partial charge in [-0.1, -0.05) is 18.2 Å². The third-order valence-corrected chi connectivity index (χ3v) is 3.95. The van der Waals surface area contributed by atoms with Gasteiger partial charge in [0.05, 0.1) is 12.8 Å². The highest BCUT2D eigenvalue weighted by molar-refractivity contribution is 6.03. The molecule has 0 fully saturated rings. The summed E-state index contributed by atoms with van der Waals surface area (Å²) in [6.07, 6.45) is 0. The second kappa shape index (κ2) is 6.20. The molecule has 2 heterocycles. The van der Waals surface area contributed by atoms with Crippen LogP contribution >= 0.6 is 0 Å². The Balaban J connectivity index is 1.60. The van der Waals surface area contributed by atoms with Crippen molar-refractivity contribution in [3.05, 3.63) is 54.1 Å². The van der Waals surface area contributed by atoms with E-state index in [1.807, 2.05) is 55.5 Å². The van der Waals surface area contributed by atoms with Crippen LogP contribution in [0.1, 0.15) is 12.5 Å². The number of methoxy groups -OCH3 is 1. The molecule has 0 aliphatic heterocycles. The van der Waals surface area contributed by atoms with E-state index in [2.05, 4.69) is 30.7 Å². The lowest BCUT2D eigenvalue weighted by atomic mass is 10.1. The highest BCUT2D eigenvalue weighted by atomic mass is 16.5. The van der Waals surface area contributed by atoms with Crippen LogP contribution < -0.4 is 10.2 Å². The predicted octanol–water partition coefficient (Wildman–Crippen LogP) is 3.35. The minimum atomic E-state index is 0.340. The fourth-order valence-corrected chi connectivity index (χ4v) is 2.60. The largest absolute Gasteiger partial charge is 0.497 e. The molecule has 0 saturated carbocycles. The van der Waals surface area contributed by atoms with Gasteiger partial charge in [-0.15, -0.1) is 10.2 Å². The number of fused-ring (bicyclic) bond motifs is 3. The van der Waals surface area contributed by atoms with Gasteiger partial charge < -0.3 is 9.72 Å². The van der Waals surface area contributed by atoms with Gasteiger partial charge in [-0.25, -0.2) is 5.43 Å². The van der Waals surface area contributed by atoms with E-state index in [-0.39, 0.29) is 0 Å². The molecule has 0 aliphatic rings. The zero-order chi connectivity index (χ0) is 17.2. The summed E-state index contributed by atoms with van der Waals surface area (Å²) < 4.78 is 5.16. The van der Waals surface area contributed by atoms with E-state index in [0.717, 1.165) is 33.4 Å². The van der Waals surface area contributed by atoms with E-state index in [1.54, 1.807) is 7.11 Å². The van der Waals surface area contributed by atoms with Gasteiger partial charge in [0.15, 0.2) is 5.65 Å². The third kappa shape index (κ3) is 2.87. The summed E-state index contributed by atoms with van der Waals surface area (Å²) in [6, 6.07) is 15.6. The van der Waals surface area contributed by atoms with Gasteiger partial charge in [-0.2, -0.15) is 10.1 Å². The minimum Gasteiger partial charge on any atom is -0.497 e. The van der Waals surface area contributed by atoms with E-state index >= 15 is 0 Å². The number of benzene rings is 2. The minimum absolute atomic E-state index is 0.340. The number of hydrogen-bond acceptors (Lipinski definition) is 6. The van der Waals surface area contributed by atoms with Gasteiger partial charge in [-0.3, -0.25) is 0 Å². The van der Waals surface area contributed by atoms with Crippen LogP contribution in [-0.4, -0.2) is 33.0 Å². The maximum Gasteiger partial charge on any atom is 0.265 e. The van der Waals surface area contributed by atoms with Crippen LogP contribution in [-0.2, 0) is 0 Å². The summed E-state index contributed by atoms with van der Waals surface area (Å²) in [6.45, 7) is 1.91. The summed E-state index contributed by atoms with van der Waals surface area (Å²) in [7, 11) is 1.64. The SMILES string of the molecule is COc1ccc(/C(C)=N\Nc2nnc3c(n2)[nH]c2ccccc23)cc1. The number of aromatic nitrogens is 4. The molecule has 4 aromatic rings. The van der Waals surface area contributed by atoms with Crippen LogP contribution in [0.5, 0.6) is 5.75 Å². The van der Waals surface area contributed by atoms with Crippen molar-refractivity contribution in [3.63, 3.8) is 0 Å². The fourth-order valence-electron chi connectivity index (χ4n) is 2.60. The van der Waals surface area contributed by atoms with Gasteiger partial charge in [0.25, 0.3) is 5.95 Å². The average Bonchev–Trinajstić information content (AvgIpc) is 3.04. The van der Waals surface area contributed by atoms with Crippen LogP contribution in [0.2, 0.25) is 0 Å². The molecule has 0 aliphatic carbocycles. The molecule has 25 heavy (non-hydrogen) atoms. The van der Waals surface area contributed by atoms with Crippen molar-refractivity contribution in [1.82, 2.24) is 20.2 Å². The van der Waals surface area contributed by atoms with Gasteiger partial charge in [0.2, 0.25) is 0 Å². The van der Waals surface area contributed by atoms with Gasteiger partial charge in [0, 0.05) is 10.9 Å². The van der Waals surface area contributed by atoms with E-state index in [4.69, 9.17) is 4.74 Å². The number of rotatable bonds is 4. The Morgan fingerprint density at radius 3 is 2.68 bits per heavy atom. The summed E-state index contributed by atoms with van der Waals surface area (Å²) in [5, 5.41) is 13.7. The van der Waals surface area contributed by atoms with E-state index in [9.17, 15) is 0 Å². The molecular weight excluding hydrogens is 316 g/mol. The Bertz CT molecular complexity index is 1070. The van der Waals surface area contributed by atoms with Crippen molar-refractivity contribution in [3.8, 4) is 5.75 Å². The van der Waals surface area contributed by atoms with E-state index in [1.165, 1.54) is 0 Å². The number of para-hydroxylation sites is 1. The Morgan fingerprint density at radius 1 is 1.08 bits per heavy atom. The van der Waals surface area contributed by atoms with Crippen LogP contribution in [0.4, 0.5) is 5.95 Å². The van der Waals surface area contributed by atoms with E-state index < -0.39 is 0 Å². The molecule has 0 bridgehead atoms. The Labute approximate surface area is 143 Å². The number of anilines is 1. The summed E-state index contributed by atoms with van der Waals surface area (Å²) in [5.41, 5.74) is 7.05. The van der Waals surface area contributed by atoms with Crippen LogP contribution in [0.3, 0.4) is 0 Å². The van der Waals surface area contributed by atoms with Gasteiger partial charge in [-0.05, 0) is 42.8 Å². The van der Waals surface area contributed by atoms with Crippen molar-refractivity contribution in [2.75, 3.05) is 12.5 Å². The van der Waals surface area contributed by atoms with Crippen molar-refractivity contribution in [1.29, 1.82) is 0 Å². The number of aromatic amines is 1. The van der Waals surface area contributed by atoms with Crippen molar-refractivity contribution < 1.29 is 4.74 Å². The zero-order valence-electron chi connectivity index (χ0n) is 13.8. The number of nitrogens with one attached hydrogen (secondary N) is 2. The second-order valence-corrected chi connectivity index (χ2v) is 5.54. The molecular formula is C18H16N6O. The number of H-pyrrole nitrogens is 1. The maximum absolute atomic E-state index is 5.16. The third-order valence-electron chi connectivity index (χ3n) is 3.95. The molecule has 0 spiro atoms. The Morgan fingerprint density at radius 2 is 1.88 bits per heavy atom. The monoisotopic (exact) mass is 332 g/mol. The lowest BCUT2D eigenvalue weighted by Gasteiger charge is -2.04. The topological polar surface area (TPSA) is 88.1 Å². The standard InChI is InChI=1S/C18H16N6O/c1-11(12-7-9-13(25-2)10-8-12)21-23-18-20-17-16(22-24-18)14-5-3-4-6-15(14)19-17/h3-10H,1-2H3,(H2,19,20,23,24)/b21-11-. The normalized spacial score (nSPS) is 11.8. The number of nitrogens with zero attached hydrogens (tertiary/aromatic N) is 4. The molecule has 0 unspecified atom stereocenters. The summed E-state index contributed by atoms with van der Waals surface area (Å²) in [4.78, 5) is 7.67. The molecule has 2 aromatic heterocycles. The molecule has 4 rings (SSSR count). The molecule has 0 radical (unpaired) electrons. The van der Waals surface area contributed by atoms with Crippen LogP contribution in [0, 0.1) is 0 Å². The van der Waals surface area contributed by atoms with Crippen LogP contribution in [0.15, 0.2) is 53.6 Å². The summed E-state index contributed by atoms with van der Waals surface area (Å²) in [5.74, 6) is 1.15. The molecule has 7 heteroatoms. The summed E-state index contributed by atoms with van der Waals surface area (Å²) >= 11 is 0. The smallest absolute Gasteiger partial charge is 0.265 e. The average molecular weight is 332 g/mol. The van der Waals surface area contributed by atoms with E-state index in [0.29, 0.717) is 11.6 Å². The number of ether oxygens (including phenoxy) is 1. The first-order valence-electron chi connectivity index (χ1n) is 7.80. The molecule has 2 N–H and O–H groups in total. The van der Waals surface area contributed by atoms with Crippen molar-refractivity contribution >= 4 is 33.7 Å². The maximum atomic E-state index is 5.16. The lowest BCUT2D eigenvalue weighted by Crippen LogP contribution is -2.03. The van der Waals surface area contributed by atoms with Gasteiger partial charge >= 0.3 is 0 Å². The first kappa shape index (κ1) is 15.1. The first-order valence-corrected chi connectivity index (χ1v) is 7.80. The highest BCUT2D eigenvalue weighted by Crippen LogP contribution is 2.21. The number of hydrazone groups is 1. The molecule has 0 saturated heterocycles. The van der Waals surface area contributed by atoms with Gasteiger partial charge in [0.1, 0.15) is 11.3 Å². The predicted molar refractivity (Wildman–Crippen MR) is 98.0 cm³/mol. The Hall–Kier alpha value is -3.48. The molecule has 2 aromatic carbocycles. The van der Waals surface area contributed by atoms with Crippen LogP contribution in [0.25, 0.3) is 22.1 Å². The fraction of sp³-hybridized carbons (Fsp3) is 0.111. The number of hydrogen-bond donors (Lipinski definition) is 2. The molecule has 124 valence electrons. The Kier molecular flexibility index (Phi) is 3.74. The lowest BCUT2D eigenvalue weighted by molar-refractivity contribution is 0.415. The van der Waals surface area contributed by atoms with Crippen molar-refractivity contribution in [2.45, 2.75) is 6.92 Å². The molecule has 0 amide bonds. The molecule has 0 atom stereocenters. The quantitative estimate of drug-likeness (QED) is 0.442. The van der Waals surface area contributed by atoms with Crippen molar-refractivity contribution in [2.24, 2.45) is 5.10 Å². The highest BCUT2D eigenvalue weighted by Gasteiger charge is 2.08.